The van der Waals surface area contributed by atoms with E-state index in [4.69, 9.17) is 9.47 Å². The molecule has 3 rings (SSSR count). The lowest BCUT2D eigenvalue weighted by Crippen LogP contribution is -1.91. The SMILES string of the molecule is COc1ccc2cc(C)cc3c2c1CO3. The minimum Gasteiger partial charge on any atom is -0.496 e. The van der Waals surface area contributed by atoms with Crippen LogP contribution in [0.4, 0.5) is 0 Å². The van der Waals surface area contributed by atoms with E-state index in [1.165, 1.54) is 21.9 Å². The third-order valence-corrected chi connectivity index (χ3v) is 2.88. The van der Waals surface area contributed by atoms with Crippen LogP contribution in [0.15, 0.2) is 24.3 Å². The van der Waals surface area contributed by atoms with E-state index in [0.29, 0.717) is 6.61 Å². The minimum absolute atomic E-state index is 0.624. The van der Waals surface area contributed by atoms with Gasteiger partial charge in [0.15, 0.2) is 0 Å². The molecule has 1 heterocycles. The van der Waals surface area contributed by atoms with Crippen molar-refractivity contribution in [1.82, 2.24) is 0 Å². The lowest BCUT2D eigenvalue weighted by atomic mass is 10.0. The molecule has 2 aromatic carbocycles. The molecule has 0 radical (unpaired) electrons. The summed E-state index contributed by atoms with van der Waals surface area (Å²) in [7, 11) is 1.70. The number of ether oxygens (including phenoxy) is 2. The molecule has 0 amide bonds. The maximum atomic E-state index is 5.66. The summed E-state index contributed by atoms with van der Waals surface area (Å²) in [5.74, 6) is 1.91. The second kappa shape index (κ2) is 2.89. The smallest absolute Gasteiger partial charge is 0.128 e. The first-order valence-corrected chi connectivity index (χ1v) is 5.02. The van der Waals surface area contributed by atoms with Gasteiger partial charge in [-0.1, -0.05) is 12.1 Å². The lowest BCUT2D eigenvalue weighted by molar-refractivity contribution is 0.317. The van der Waals surface area contributed by atoms with Crippen molar-refractivity contribution in [1.29, 1.82) is 0 Å². The number of aryl methyl sites for hydroxylation is 1. The van der Waals surface area contributed by atoms with Gasteiger partial charge in [-0.25, -0.2) is 0 Å². The largest absolute Gasteiger partial charge is 0.496 e. The highest BCUT2D eigenvalue weighted by Gasteiger charge is 2.19. The molecule has 1 aliphatic rings. The number of methoxy groups -OCH3 is 1. The van der Waals surface area contributed by atoms with Gasteiger partial charge in [0.25, 0.3) is 0 Å². The van der Waals surface area contributed by atoms with Crippen LogP contribution in [0, 0.1) is 6.92 Å². The Labute approximate surface area is 88.4 Å². The summed E-state index contributed by atoms with van der Waals surface area (Å²) >= 11 is 0. The molecule has 0 aromatic heterocycles. The first-order valence-electron chi connectivity index (χ1n) is 5.02. The van der Waals surface area contributed by atoms with Crippen molar-refractivity contribution in [3.8, 4) is 11.5 Å². The van der Waals surface area contributed by atoms with Crippen LogP contribution in [0.2, 0.25) is 0 Å². The monoisotopic (exact) mass is 200 g/mol. The van der Waals surface area contributed by atoms with Gasteiger partial charge in [0.2, 0.25) is 0 Å². The van der Waals surface area contributed by atoms with Gasteiger partial charge < -0.3 is 9.47 Å². The maximum Gasteiger partial charge on any atom is 0.128 e. The fourth-order valence-corrected chi connectivity index (χ4v) is 2.22. The predicted molar refractivity (Wildman–Crippen MR) is 59.6 cm³/mol. The molecule has 0 aliphatic carbocycles. The third-order valence-electron chi connectivity index (χ3n) is 2.88. The van der Waals surface area contributed by atoms with Crippen molar-refractivity contribution in [3.63, 3.8) is 0 Å². The zero-order valence-corrected chi connectivity index (χ0v) is 8.83. The van der Waals surface area contributed by atoms with E-state index < -0.39 is 0 Å². The number of benzene rings is 2. The van der Waals surface area contributed by atoms with Crippen molar-refractivity contribution < 1.29 is 9.47 Å². The molecule has 0 saturated carbocycles. The highest BCUT2D eigenvalue weighted by molar-refractivity contribution is 5.95. The second-order valence-corrected chi connectivity index (χ2v) is 3.90. The molecule has 0 unspecified atom stereocenters. The molecule has 2 aromatic rings. The van der Waals surface area contributed by atoms with Gasteiger partial charge in [-0.15, -0.1) is 0 Å². The van der Waals surface area contributed by atoms with E-state index in [1.807, 2.05) is 6.07 Å². The Morgan fingerprint density at radius 2 is 2.13 bits per heavy atom. The van der Waals surface area contributed by atoms with Crippen LogP contribution < -0.4 is 9.47 Å². The molecule has 0 bridgehead atoms. The van der Waals surface area contributed by atoms with Gasteiger partial charge >= 0.3 is 0 Å². The summed E-state index contributed by atoms with van der Waals surface area (Å²) in [5.41, 5.74) is 2.40. The van der Waals surface area contributed by atoms with Gasteiger partial charge in [0, 0.05) is 10.9 Å². The Morgan fingerprint density at radius 1 is 1.27 bits per heavy atom. The second-order valence-electron chi connectivity index (χ2n) is 3.90. The topological polar surface area (TPSA) is 18.5 Å². The van der Waals surface area contributed by atoms with Crippen LogP contribution in [0.25, 0.3) is 10.8 Å². The number of rotatable bonds is 1. The molecular weight excluding hydrogens is 188 g/mol. The van der Waals surface area contributed by atoms with Gasteiger partial charge in [0.1, 0.15) is 18.1 Å². The molecule has 0 N–H and O–H groups in total. The van der Waals surface area contributed by atoms with Crippen molar-refractivity contribution >= 4 is 10.8 Å². The Balaban J connectivity index is 2.43. The van der Waals surface area contributed by atoms with Crippen molar-refractivity contribution in [2.75, 3.05) is 7.11 Å². The zero-order chi connectivity index (χ0) is 10.4. The Hall–Kier alpha value is -1.70. The fraction of sp³-hybridized carbons (Fsp3) is 0.231. The van der Waals surface area contributed by atoms with Crippen LogP contribution in [-0.2, 0) is 6.61 Å². The van der Waals surface area contributed by atoms with Gasteiger partial charge in [-0.3, -0.25) is 0 Å². The quantitative estimate of drug-likeness (QED) is 0.704. The summed E-state index contributed by atoms with van der Waals surface area (Å²) in [6.07, 6.45) is 0. The molecule has 0 atom stereocenters. The molecule has 0 spiro atoms. The Morgan fingerprint density at radius 3 is 2.93 bits per heavy atom. The summed E-state index contributed by atoms with van der Waals surface area (Å²) < 4.78 is 11.0. The Kier molecular flexibility index (Phi) is 1.66. The molecule has 0 saturated heterocycles. The molecule has 2 nitrogen and oxygen atoms in total. The van der Waals surface area contributed by atoms with E-state index in [1.54, 1.807) is 7.11 Å². The number of hydrogen-bond donors (Lipinski definition) is 0. The van der Waals surface area contributed by atoms with Gasteiger partial charge in [-0.05, 0) is 30.0 Å². The lowest BCUT2D eigenvalue weighted by Gasteiger charge is -2.05. The summed E-state index contributed by atoms with van der Waals surface area (Å²) in [5, 5.41) is 2.44. The van der Waals surface area contributed by atoms with Crippen LogP contribution >= 0.6 is 0 Å². The molecular formula is C13H12O2. The van der Waals surface area contributed by atoms with E-state index in [9.17, 15) is 0 Å². The maximum absolute atomic E-state index is 5.66. The van der Waals surface area contributed by atoms with E-state index in [-0.39, 0.29) is 0 Å². The first-order chi connectivity index (χ1) is 7.29. The summed E-state index contributed by atoms with van der Waals surface area (Å²) in [6, 6.07) is 8.35. The van der Waals surface area contributed by atoms with Crippen molar-refractivity contribution in [3.05, 3.63) is 35.4 Å². The van der Waals surface area contributed by atoms with E-state index >= 15 is 0 Å². The van der Waals surface area contributed by atoms with Crippen LogP contribution in [0.1, 0.15) is 11.1 Å². The average Bonchev–Trinajstić information content (AvgIpc) is 2.64. The molecule has 2 heteroatoms. The number of hydrogen-bond acceptors (Lipinski definition) is 2. The first kappa shape index (κ1) is 8.60. The average molecular weight is 200 g/mol. The van der Waals surface area contributed by atoms with Crippen LogP contribution in [-0.4, -0.2) is 7.11 Å². The minimum atomic E-state index is 0.624. The van der Waals surface area contributed by atoms with Crippen LogP contribution in [0.3, 0.4) is 0 Å². The standard InChI is InChI=1S/C13H12O2/c1-8-5-9-3-4-11(14-2)10-7-15-12(6-8)13(9)10/h3-6H,7H2,1-2H3. The Bertz CT molecular complexity index is 544. The predicted octanol–water partition coefficient (Wildman–Crippen LogP) is 3.05. The highest BCUT2D eigenvalue weighted by Crippen LogP contribution is 2.40. The summed E-state index contributed by atoms with van der Waals surface area (Å²) in [6.45, 7) is 2.71. The molecule has 76 valence electrons. The van der Waals surface area contributed by atoms with Gasteiger partial charge in [-0.2, -0.15) is 0 Å². The molecule has 15 heavy (non-hydrogen) atoms. The normalized spacial score (nSPS) is 12.9. The van der Waals surface area contributed by atoms with Crippen LogP contribution in [0.5, 0.6) is 11.5 Å². The highest BCUT2D eigenvalue weighted by atomic mass is 16.5. The summed E-state index contributed by atoms with van der Waals surface area (Å²) in [4.78, 5) is 0. The van der Waals surface area contributed by atoms with E-state index in [2.05, 4.69) is 25.1 Å². The zero-order valence-electron chi connectivity index (χ0n) is 8.83. The van der Waals surface area contributed by atoms with Crippen molar-refractivity contribution in [2.45, 2.75) is 13.5 Å². The fourth-order valence-electron chi connectivity index (χ4n) is 2.22. The molecule has 0 fully saturated rings. The van der Waals surface area contributed by atoms with Crippen molar-refractivity contribution in [2.24, 2.45) is 0 Å². The third kappa shape index (κ3) is 1.11. The van der Waals surface area contributed by atoms with E-state index in [0.717, 1.165) is 11.5 Å². The molecule has 1 aliphatic heterocycles. The van der Waals surface area contributed by atoms with Gasteiger partial charge in [0.05, 0.1) is 7.11 Å².